The summed E-state index contributed by atoms with van der Waals surface area (Å²) < 4.78 is 65.4. The Morgan fingerprint density at radius 2 is 1.75 bits per heavy atom. The van der Waals surface area contributed by atoms with Gasteiger partial charge in [-0.2, -0.15) is 0 Å². The molecule has 277 valence electrons. The Morgan fingerprint density at radius 1 is 1.00 bits per heavy atom. The zero-order valence-corrected chi connectivity index (χ0v) is 33.0. The summed E-state index contributed by atoms with van der Waals surface area (Å²) in [6.45, 7) is 15.8. The maximum atomic E-state index is 14.0. The smallest absolute Gasteiger partial charge is 0.285 e. The van der Waals surface area contributed by atoms with Crippen molar-refractivity contribution in [1.82, 2.24) is 24.6 Å². The molecular formula is C35H47AsF2N6O6P. The van der Waals surface area contributed by atoms with Crippen molar-refractivity contribution in [1.29, 1.82) is 0 Å². The third-order valence-electron chi connectivity index (χ3n) is 6.83. The van der Waals surface area contributed by atoms with E-state index in [2.05, 4.69) is 32.2 Å². The molecule has 2 aromatic carbocycles. The number of carbonyl (C=O) groups is 1. The first-order chi connectivity index (χ1) is 24.0. The van der Waals surface area contributed by atoms with E-state index in [-0.39, 0.29) is 22.1 Å². The molecule has 1 N–H and O–H groups in total. The zero-order valence-electron chi connectivity index (χ0n) is 30.2. The SMILES string of the molecule is CCCN(CCCOc1ccc2c(Nc3cnn(CC(=O)[As]c4cccc(F)c4F)c3)ncnc2c1)CCOP(=O)(OC(C)(C)C)OC(C)(C)C. The Morgan fingerprint density at radius 3 is 2.45 bits per heavy atom. The fourth-order valence-corrected chi connectivity index (χ4v) is 8.49. The maximum absolute atomic E-state index is 14.0. The van der Waals surface area contributed by atoms with E-state index in [1.54, 1.807) is 12.4 Å². The fraction of sp³-hybridized carbons (Fsp3) is 0.486. The summed E-state index contributed by atoms with van der Waals surface area (Å²) in [6, 6.07) is 9.42. The van der Waals surface area contributed by atoms with Crippen LogP contribution in [0.2, 0.25) is 0 Å². The maximum Gasteiger partial charge on any atom is 0.475 e. The van der Waals surface area contributed by atoms with E-state index >= 15 is 0 Å². The van der Waals surface area contributed by atoms with Crippen molar-refractivity contribution >= 4 is 54.9 Å². The molecule has 0 atom stereocenters. The fourth-order valence-electron chi connectivity index (χ4n) is 4.92. The van der Waals surface area contributed by atoms with Crippen LogP contribution in [0.25, 0.3) is 10.9 Å². The van der Waals surface area contributed by atoms with Gasteiger partial charge in [-0.05, 0) is 60.9 Å². The number of carbonyl (C=O) groups excluding carboxylic acids is 1. The van der Waals surface area contributed by atoms with Crippen molar-refractivity contribution in [2.75, 3.05) is 38.2 Å². The average molecular weight is 792 g/mol. The number of nitrogens with zero attached hydrogens (tertiary/aromatic N) is 5. The first-order valence-electron chi connectivity index (χ1n) is 16.8. The topological polar surface area (TPSA) is 130 Å². The van der Waals surface area contributed by atoms with Crippen molar-refractivity contribution < 1.29 is 36.4 Å². The van der Waals surface area contributed by atoms with Gasteiger partial charge in [-0.1, -0.05) is 6.92 Å². The Hall–Kier alpha value is -3.25. The molecule has 0 spiro atoms. The second-order valence-corrected chi connectivity index (χ2v) is 17.8. The second-order valence-electron chi connectivity index (χ2n) is 13.8. The molecule has 16 heteroatoms. The number of hydrogen-bond acceptors (Lipinski definition) is 11. The number of ether oxygens (including phenoxy) is 1. The molecule has 1 radical (unpaired) electrons. The number of nitrogens with one attached hydrogen (secondary N) is 1. The minimum absolute atomic E-state index is 0.0618. The van der Waals surface area contributed by atoms with Crippen molar-refractivity contribution in [3.05, 3.63) is 66.8 Å². The van der Waals surface area contributed by atoms with Crippen LogP contribution in [0.15, 0.2) is 55.1 Å². The van der Waals surface area contributed by atoms with Gasteiger partial charge in [-0.25, -0.2) is 4.57 Å². The van der Waals surface area contributed by atoms with Crippen molar-refractivity contribution in [3.63, 3.8) is 0 Å². The quantitative estimate of drug-likeness (QED) is 0.0624. The minimum Gasteiger partial charge on any atom is -0.285 e. The molecule has 0 aliphatic rings. The summed E-state index contributed by atoms with van der Waals surface area (Å²) in [6.07, 6.45) is 6.37. The van der Waals surface area contributed by atoms with E-state index in [1.165, 1.54) is 23.1 Å². The first-order valence-corrected chi connectivity index (χ1v) is 20.1. The van der Waals surface area contributed by atoms with Crippen molar-refractivity contribution in [2.24, 2.45) is 0 Å². The standard InChI is InChI=1S/C35H47AsF2N6O6P/c1-8-15-43(17-19-48-51(46,49-34(2,3)4)50-35(5,6)7)16-10-18-47-26-13-14-27-30(20-26)39-24-40-33(27)42-25-21-41-44(22-25)23-31(45)36-28-11-9-12-29(37)32(28)38/h9,11-14,20-22,24H,8,10,15-19,23H2,1-7H3,(H,39,40,42). The van der Waals surface area contributed by atoms with Gasteiger partial charge in [0.15, 0.2) is 0 Å². The predicted octanol–water partition coefficient (Wildman–Crippen LogP) is 6.64. The number of hydrogen-bond donors (Lipinski definition) is 1. The molecule has 4 aromatic rings. The zero-order chi connectivity index (χ0) is 37.2. The summed E-state index contributed by atoms with van der Waals surface area (Å²) in [5, 5.41) is 8.20. The van der Waals surface area contributed by atoms with Gasteiger partial charge < -0.3 is 4.90 Å². The van der Waals surface area contributed by atoms with Gasteiger partial charge in [0.05, 0.1) is 24.4 Å². The van der Waals surface area contributed by atoms with E-state index in [1.807, 2.05) is 59.7 Å². The van der Waals surface area contributed by atoms with Crippen LogP contribution < -0.4 is 14.4 Å². The molecule has 0 fully saturated rings. The van der Waals surface area contributed by atoms with Crippen LogP contribution in [0.1, 0.15) is 61.3 Å². The van der Waals surface area contributed by atoms with E-state index in [9.17, 15) is 18.1 Å². The number of phosphoric acid groups is 1. The number of benzene rings is 2. The van der Waals surface area contributed by atoms with E-state index in [4.69, 9.17) is 18.3 Å². The van der Waals surface area contributed by atoms with Gasteiger partial charge in [0.2, 0.25) is 0 Å². The average Bonchev–Trinajstić information content (AvgIpc) is 3.45. The normalized spacial score (nSPS) is 12.7. The summed E-state index contributed by atoms with van der Waals surface area (Å²) >= 11 is -1.22. The van der Waals surface area contributed by atoms with E-state index in [0.29, 0.717) is 35.9 Å². The molecule has 12 nitrogen and oxygen atoms in total. The second kappa shape index (κ2) is 18.0. The predicted molar refractivity (Wildman–Crippen MR) is 194 cm³/mol. The van der Waals surface area contributed by atoms with Crippen LogP contribution in [0, 0.1) is 11.6 Å². The Balaban J connectivity index is 1.27. The monoisotopic (exact) mass is 791 g/mol. The van der Waals surface area contributed by atoms with E-state index in [0.717, 1.165) is 37.4 Å². The molecule has 2 heterocycles. The van der Waals surface area contributed by atoms with Crippen LogP contribution in [-0.2, 0) is 29.5 Å². The molecule has 0 bridgehead atoms. The molecule has 0 amide bonds. The van der Waals surface area contributed by atoms with Crippen LogP contribution in [-0.4, -0.2) is 89.0 Å². The third kappa shape index (κ3) is 13.3. The summed E-state index contributed by atoms with van der Waals surface area (Å²) in [4.78, 5) is 23.6. The largest absolute Gasteiger partial charge is 0.475 e. The third-order valence-corrected chi connectivity index (χ3v) is 10.9. The molecule has 4 rings (SSSR count). The number of fused-ring (bicyclic) bond motifs is 1. The van der Waals surface area contributed by atoms with Gasteiger partial charge in [0.25, 0.3) is 0 Å². The van der Waals surface area contributed by atoms with E-state index < -0.39 is 46.4 Å². The number of halogens is 2. The minimum atomic E-state index is -3.77. The van der Waals surface area contributed by atoms with Gasteiger partial charge >= 0.3 is 177 Å². The molecule has 51 heavy (non-hydrogen) atoms. The van der Waals surface area contributed by atoms with Gasteiger partial charge in [-0.3, -0.25) is 13.6 Å². The van der Waals surface area contributed by atoms with Gasteiger partial charge in [0, 0.05) is 13.1 Å². The van der Waals surface area contributed by atoms with Crippen LogP contribution >= 0.6 is 7.82 Å². The van der Waals surface area contributed by atoms with Crippen LogP contribution in [0.5, 0.6) is 5.75 Å². The molecule has 0 aliphatic carbocycles. The summed E-state index contributed by atoms with van der Waals surface area (Å²) in [7, 11) is -3.77. The number of phosphoric ester groups is 1. The number of aromatic nitrogens is 4. The van der Waals surface area contributed by atoms with Gasteiger partial charge in [0.1, 0.15) is 0 Å². The molecule has 0 aliphatic heterocycles. The summed E-state index contributed by atoms with van der Waals surface area (Å²) in [5.74, 6) is -0.720. The Kier molecular flexibility index (Phi) is 14.3. The molecule has 2 aromatic heterocycles. The molecular weight excluding hydrogens is 744 g/mol. The van der Waals surface area contributed by atoms with Gasteiger partial charge in [-0.15, -0.1) is 0 Å². The van der Waals surface area contributed by atoms with Crippen LogP contribution in [0.3, 0.4) is 0 Å². The molecule has 0 unspecified atom stereocenters. The number of rotatable bonds is 19. The molecule has 0 saturated carbocycles. The first kappa shape index (κ1) is 40.5. The number of anilines is 2. The Labute approximate surface area is 304 Å². The van der Waals surface area contributed by atoms with Crippen molar-refractivity contribution in [3.8, 4) is 5.75 Å². The van der Waals surface area contributed by atoms with Crippen LogP contribution in [0.4, 0.5) is 20.3 Å². The Bertz CT molecular complexity index is 1800. The van der Waals surface area contributed by atoms with Crippen molar-refractivity contribution in [2.45, 2.75) is 79.1 Å². The summed E-state index contributed by atoms with van der Waals surface area (Å²) in [5.41, 5.74) is -0.108. The molecule has 0 saturated heterocycles.